The van der Waals surface area contributed by atoms with Crippen molar-refractivity contribution in [3.8, 4) is 5.75 Å². The van der Waals surface area contributed by atoms with Gasteiger partial charge in [0.2, 0.25) is 5.96 Å². The second-order valence-electron chi connectivity index (χ2n) is 7.42. The smallest absolute Gasteiger partial charge is 0.290 e. The van der Waals surface area contributed by atoms with Crippen LogP contribution in [-0.2, 0) is 11.3 Å². The normalized spacial score (nSPS) is 23.2. The second-order valence-corrected chi connectivity index (χ2v) is 8.44. The first kappa shape index (κ1) is 23.7. The van der Waals surface area contributed by atoms with Crippen LogP contribution in [0.5, 0.6) is 5.75 Å². The third kappa shape index (κ3) is 6.51. The largest absolute Gasteiger partial charge is 0.496 e. The summed E-state index contributed by atoms with van der Waals surface area (Å²) in [4.78, 5) is 36.0. The average Bonchev–Trinajstić information content (AvgIpc) is 3.13. The molecule has 0 aromatic carbocycles. The Hall–Kier alpha value is -2.98. The lowest BCUT2D eigenvalue weighted by Crippen LogP contribution is -2.41. The summed E-state index contributed by atoms with van der Waals surface area (Å²) in [6.45, 7) is 6.13. The highest BCUT2D eigenvalue weighted by molar-refractivity contribution is 8.18. The quantitative estimate of drug-likeness (QED) is 0.328. The number of aromatic nitrogens is 1. The number of methoxy groups -OCH3 is 1. The van der Waals surface area contributed by atoms with Gasteiger partial charge in [-0.15, -0.1) is 0 Å². The number of carbonyl (C=O) groups is 2. The molecule has 170 valence electrons. The minimum atomic E-state index is -0.412. The molecule has 2 heterocycles. The molecule has 2 amide bonds. The Labute approximate surface area is 191 Å². The number of allylic oxidation sites excluding steroid dienone is 2. The van der Waals surface area contributed by atoms with Crippen molar-refractivity contribution in [2.75, 3.05) is 7.11 Å². The van der Waals surface area contributed by atoms with E-state index in [1.54, 1.807) is 25.5 Å². The zero-order valence-corrected chi connectivity index (χ0v) is 19.1. The van der Waals surface area contributed by atoms with Gasteiger partial charge in [-0.2, -0.15) is 0 Å². The number of aliphatic imine (C=N–C) groups is 2. The first-order chi connectivity index (χ1) is 15.5. The number of hydrogen-bond acceptors (Lipinski definition) is 7. The van der Waals surface area contributed by atoms with Crippen LogP contribution < -0.4 is 20.7 Å². The second kappa shape index (κ2) is 11.6. The predicted octanol–water partition coefficient (Wildman–Crippen LogP) is 2.91. The number of thioether (sulfide) groups is 1. The maximum Gasteiger partial charge on any atom is 0.290 e. The Bertz CT molecular complexity index is 951. The SMILES string of the molecule is C=N\C(=N/C(=C\C)/C=C1\SC(=O)NC1=O)N[C@H]1CC[C@H](NCc2cnccc2OC)CC1. The van der Waals surface area contributed by atoms with Gasteiger partial charge in [0.25, 0.3) is 11.1 Å². The fraction of sp³-hybridized carbons (Fsp3) is 0.409. The number of imide groups is 1. The number of hydrogen-bond donors (Lipinski definition) is 3. The molecule has 3 N–H and O–H groups in total. The number of nitrogens with zero attached hydrogens (tertiary/aromatic N) is 3. The van der Waals surface area contributed by atoms with Gasteiger partial charge in [-0.1, -0.05) is 6.08 Å². The van der Waals surface area contributed by atoms with Crippen LogP contribution in [0.15, 0.2) is 51.2 Å². The Morgan fingerprint density at radius 1 is 1.34 bits per heavy atom. The van der Waals surface area contributed by atoms with E-state index < -0.39 is 5.91 Å². The molecule has 3 rings (SSSR count). The standard InChI is InChI=1S/C22H28N6O3S/c1-4-15(11-19-20(29)28-22(30)32-19)26-21(23-2)27-17-7-5-16(6-8-17)25-13-14-12-24-10-9-18(14)31-3/h4,9-12,16-17,25H,2,5-8,13H2,1,3H3,(H,26,27)(H,28,29,30)/b15-4-,19-11-/t16-,17-. The van der Waals surface area contributed by atoms with Crippen molar-refractivity contribution >= 4 is 35.6 Å². The van der Waals surface area contributed by atoms with E-state index in [-0.39, 0.29) is 11.3 Å². The molecule has 1 aromatic heterocycles. The zero-order valence-electron chi connectivity index (χ0n) is 18.3. The molecule has 2 aliphatic rings. The van der Waals surface area contributed by atoms with Crippen LogP contribution in [0.25, 0.3) is 0 Å². The summed E-state index contributed by atoms with van der Waals surface area (Å²) in [7, 11) is 1.67. The summed E-state index contributed by atoms with van der Waals surface area (Å²) < 4.78 is 5.38. The number of pyridine rings is 1. The van der Waals surface area contributed by atoms with Gasteiger partial charge < -0.3 is 15.4 Å². The number of nitrogens with one attached hydrogen (secondary N) is 3. The number of ether oxygens (including phenoxy) is 1. The molecule has 0 radical (unpaired) electrons. The monoisotopic (exact) mass is 456 g/mol. The lowest BCUT2D eigenvalue weighted by atomic mass is 9.91. The van der Waals surface area contributed by atoms with E-state index in [1.807, 2.05) is 19.2 Å². The lowest BCUT2D eigenvalue weighted by Gasteiger charge is -2.30. The number of carbonyl (C=O) groups excluding carboxylic acids is 2. The molecule has 1 aliphatic heterocycles. The molecule has 1 saturated carbocycles. The molecule has 0 bridgehead atoms. The highest BCUT2D eigenvalue weighted by atomic mass is 32.2. The van der Waals surface area contributed by atoms with Crippen LogP contribution in [-0.4, -0.2) is 48.0 Å². The number of amides is 2. The number of rotatable bonds is 7. The summed E-state index contributed by atoms with van der Waals surface area (Å²) in [5.74, 6) is 0.833. The highest BCUT2D eigenvalue weighted by Gasteiger charge is 2.25. The summed E-state index contributed by atoms with van der Waals surface area (Å²) in [6.07, 6.45) is 10.9. The van der Waals surface area contributed by atoms with Gasteiger partial charge in [-0.25, -0.2) is 9.98 Å². The molecule has 0 unspecified atom stereocenters. The van der Waals surface area contributed by atoms with Gasteiger partial charge in [-0.05, 0) is 63.2 Å². The van der Waals surface area contributed by atoms with Crippen molar-refractivity contribution in [2.45, 2.75) is 51.2 Å². The minimum Gasteiger partial charge on any atom is -0.496 e. The van der Waals surface area contributed by atoms with Crippen molar-refractivity contribution in [1.29, 1.82) is 0 Å². The van der Waals surface area contributed by atoms with E-state index in [0.29, 0.717) is 29.1 Å². The Morgan fingerprint density at radius 3 is 2.72 bits per heavy atom. The molecule has 1 aromatic rings. The Morgan fingerprint density at radius 2 is 2.09 bits per heavy atom. The van der Waals surface area contributed by atoms with Crippen LogP contribution >= 0.6 is 11.8 Å². The highest BCUT2D eigenvalue weighted by Crippen LogP contribution is 2.25. The summed E-state index contributed by atoms with van der Waals surface area (Å²) in [5.41, 5.74) is 1.58. The molecule has 1 aliphatic carbocycles. The first-order valence-electron chi connectivity index (χ1n) is 10.5. The van der Waals surface area contributed by atoms with Crippen molar-refractivity contribution in [3.63, 3.8) is 0 Å². The van der Waals surface area contributed by atoms with E-state index in [2.05, 4.69) is 37.6 Å². The van der Waals surface area contributed by atoms with E-state index in [1.165, 1.54) is 0 Å². The zero-order chi connectivity index (χ0) is 22.9. The summed E-state index contributed by atoms with van der Waals surface area (Å²) in [5, 5.41) is 8.79. The predicted molar refractivity (Wildman–Crippen MR) is 127 cm³/mol. The first-order valence-corrected chi connectivity index (χ1v) is 11.3. The summed E-state index contributed by atoms with van der Waals surface area (Å²) >= 11 is 0.859. The van der Waals surface area contributed by atoms with Gasteiger partial charge in [-0.3, -0.25) is 19.9 Å². The minimum absolute atomic E-state index is 0.238. The van der Waals surface area contributed by atoms with E-state index in [9.17, 15) is 9.59 Å². The molecule has 1 saturated heterocycles. The summed E-state index contributed by atoms with van der Waals surface area (Å²) in [6, 6.07) is 2.52. The molecular formula is C22H28N6O3S. The van der Waals surface area contributed by atoms with Crippen LogP contribution in [0.3, 0.4) is 0 Å². The molecule has 0 atom stereocenters. The maximum absolute atomic E-state index is 11.8. The van der Waals surface area contributed by atoms with Crippen LogP contribution in [0.1, 0.15) is 38.2 Å². The third-order valence-corrected chi connectivity index (χ3v) is 6.13. The maximum atomic E-state index is 11.8. The van der Waals surface area contributed by atoms with E-state index in [4.69, 9.17) is 4.74 Å². The number of guanidine groups is 1. The third-order valence-electron chi connectivity index (χ3n) is 5.32. The van der Waals surface area contributed by atoms with Crippen molar-refractivity contribution in [1.82, 2.24) is 20.9 Å². The van der Waals surface area contributed by atoms with Crippen molar-refractivity contribution < 1.29 is 14.3 Å². The Kier molecular flexibility index (Phi) is 8.57. The van der Waals surface area contributed by atoms with E-state index >= 15 is 0 Å². The van der Waals surface area contributed by atoms with Crippen LogP contribution in [0.4, 0.5) is 4.79 Å². The molecule has 2 fully saturated rings. The molecule has 9 nitrogen and oxygen atoms in total. The van der Waals surface area contributed by atoms with E-state index in [0.717, 1.165) is 48.8 Å². The topological polar surface area (TPSA) is 117 Å². The fourth-order valence-corrected chi connectivity index (χ4v) is 4.26. The van der Waals surface area contributed by atoms with Gasteiger partial charge in [0, 0.05) is 36.6 Å². The molecule has 10 heteroatoms. The van der Waals surface area contributed by atoms with Gasteiger partial charge in [0.15, 0.2) is 0 Å². The fourth-order valence-electron chi connectivity index (χ4n) is 3.60. The van der Waals surface area contributed by atoms with Gasteiger partial charge in [0.05, 0.1) is 17.7 Å². The molecular weight excluding hydrogens is 428 g/mol. The lowest BCUT2D eigenvalue weighted by molar-refractivity contribution is -0.115. The molecule has 0 spiro atoms. The van der Waals surface area contributed by atoms with Crippen molar-refractivity contribution in [3.05, 3.63) is 46.8 Å². The van der Waals surface area contributed by atoms with Crippen molar-refractivity contribution in [2.24, 2.45) is 9.98 Å². The Balaban J connectivity index is 1.51. The van der Waals surface area contributed by atoms with Crippen LogP contribution in [0, 0.1) is 0 Å². The van der Waals surface area contributed by atoms with Gasteiger partial charge in [0.1, 0.15) is 5.75 Å². The average molecular weight is 457 g/mol. The van der Waals surface area contributed by atoms with Gasteiger partial charge >= 0.3 is 0 Å². The van der Waals surface area contributed by atoms with Crippen LogP contribution in [0.2, 0.25) is 0 Å². The molecule has 32 heavy (non-hydrogen) atoms.